The molecule has 0 atom stereocenters. The van der Waals surface area contributed by atoms with Gasteiger partial charge in [-0.15, -0.1) is 0 Å². The summed E-state index contributed by atoms with van der Waals surface area (Å²) < 4.78 is 8.30. The average Bonchev–Trinajstić information content (AvgIpc) is 2.88. The molecule has 0 amide bonds. The lowest BCUT2D eigenvalue weighted by atomic mass is 10.0. The number of hydrogen-bond acceptors (Lipinski definition) is 3. The molecule has 4 nitrogen and oxygen atoms in total. The summed E-state index contributed by atoms with van der Waals surface area (Å²) in [6.07, 6.45) is 3.91. The Morgan fingerprint density at radius 1 is 1.20 bits per heavy atom. The van der Waals surface area contributed by atoms with Crippen LogP contribution in [0.3, 0.4) is 0 Å². The molecule has 0 saturated carbocycles. The summed E-state index contributed by atoms with van der Waals surface area (Å²) in [5.74, 6) is 1.00. The first-order chi connectivity index (χ1) is 9.81. The molecule has 2 aromatic heterocycles. The lowest BCUT2D eigenvalue weighted by Crippen LogP contribution is -2.08. The smallest absolute Gasteiger partial charge is 0.154 e. The second kappa shape index (κ2) is 4.59. The lowest BCUT2D eigenvalue weighted by Gasteiger charge is -2.17. The van der Waals surface area contributed by atoms with Crippen molar-refractivity contribution in [3.8, 4) is 17.0 Å². The van der Waals surface area contributed by atoms with Gasteiger partial charge in [0, 0.05) is 5.56 Å². The van der Waals surface area contributed by atoms with Gasteiger partial charge in [-0.2, -0.15) is 5.10 Å². The molecular weight excluding hydrogens is 318 g/mol. The van der Waals surface area contributed by atoms with Crippen LogP contribution in [0.5, 0.6) is 5.75 Å². The van der Waals surface area contributed by atoms with Gasteiger partial charge in [0.25, 0.3) is 0 Å². The van der Waals surface area contributed by atoms with E-state index >= 15 is 0 Å². The first kappa shape index (κ1) is 11.9. The number of aryl methyl sites for hydroxylation is 1. The molecule has 0 fully saturated rings. The molecule has 100 valence electrons. The molecule has 1 aromatic carbocycles. The Kier molecular flexibility index (Phi) is 2.73. The van der Waals surface area contributed by atoms with Gasteiger partial charge in [0.1, 0.15) is 10.4 Å². The van der Waals surface area contributed by atoms with E-state index in [4.69, 9.17) is 4.74 Å². The maximum absolute atomic E-state index is 5.65. The van der Waals surface area contributed by atoms with Crippen molar-refractivity contribution >= 4 is 21.6 Å². The minimum atomic E-state index is 0.818. The van der Waals surface area contributed by atoms with E-state index in [0.29, 0.717) is 0 Å². The summed E-state index contributed by atoms with van der Waals surface area (Å²) in [4.78, 5) is 4.26. The molecule has 0 N–H and O–H groups in total. The Hall–Kier alpha value is -1.88. The van der Waals surface area contributed by atoms with E-state index in [2.05, 4.69) is 38.1 Å². The standard InChI is InChI=1S/C15H12BrN3O/c16-14-9-17-15-6-4-12(18-19(14)15)10-3-5-13-11(8-10)2-1-7-20-13/h3-6,8-9H,1-2,7H2. The third kappa shape index (κ3) is 1.89. The number of benzene rings is 1. The molecule has 0 aliphatic carbocycles. The van der Waals surface area contributed by atoms with Crippen molar-refractivity contribution in [1.82, 2.24) is 14.6 Å². The largest absolute Gasteiger partial charge is 0.493 e. The summed E-state index contributed by atoms with van der Waals surface area (Å²) in [5.41, 5.74) is 4.14. The number of halogens is 1. The van der Waals surface area contributed by atoms with Crippen LogP contribution in [-0.4, -0.2) is 21.2 Å². The molecule has 1 aliphatic rings. The Morgan fingerprint density at radius 3 is 3.10 bits per heavy atom. The summed E-state index contributed by atoms with van der Waals surface area (Å²) in [7, 11) is 0. The van der Waals surface area contributed by atoms with Crippen molar-refractivity contribution in [2.75, 3.05) is 6.61 Å². The highest BCUT2D eigenvalue weighted by atomic mass is 79.9. The van der Waals surface area contributed by atoms with Gasteiger partial charge >= 0.3 is 0 Å². The normalized spacial score (nSPS) is 14.1. The molecule has 20 heavy (non-hydrogen) atoms. The van der Waals surface area contributed by atoms with Gasteiger partial charge in [-0.3, -0.25) is 0 Å². The molecular formula is C15H12BrN3O. The predicted molar refractivity (Wildman–Crippen MR) is 79.9 cm³/mol. The Balaban J connectivity index is 1.83. The van der Waals surface area contributed by atoms with Crippen molar-refractivity contribution in [1.29, 1.82) is 0 Å². The minimum absolute atomic E-state index is 0.818. The zero-order valence-electron chi connectivity index (χ0n) is 10.7. The van der Waals surface area contributed by atoms with Gasteiger partial charge in [-0.05, 0) is 64.7 Å². The third-order valence-electron chi connectivity index (χ3n) is 3.52. The Labute approximate surface area is 124 Å². The first-order valence-electron chi connectivity index (χ1n) is 6.58. The maximum atomic E-state index is 5.65. The van der Waals surface area contributed by atoms with Crippen molar-refractivity contribution in [2.45, 2.75) is 12.8 Å². The van der Waals surface area contributed by atoms with Gasteiger partial charge < -0.3 is 4.74 Å². The molecule has 0 bridgehead atoms. The number of ether oxygens (including phenoxy) is 1. The minimum Gasteiger partial charge on any atom is -0.493 e. The number of rotatable bonds is 1. The molecule has 1 aliphatic heterocycles. The average molecular weight is 330 g/mol. The second-order valence-corrected chi connectivity index (χ2v) is 5.66. The van der Waals surface area contributed by atoms with E-state index in [1.165, 1.54) is 5.56 Å². The molecule has 5 heteroatoms. The second-order valence-electron chi connectivity index (χ2n) is 4.84. The van der Waals surface area contributed by atoms with Crippen molar-refractivity contribution in [3.05, 3.63) is 46.7 Å². The summed E-state index contributed by atoms with van der Waals surface area (Å²) in [6.45, 7) is 0.818. The van der Waals surface area contributed by atoms with Crippen LogP contribution >= 0.6 is 15.9 Å². The van der Waals surface area contributed by atoms with Gasteiger partial charge in [0.2, 0.25) is 0 Å². The summed E-state index contributed by atoms with van der Waals surface area (Å²) >= 11 is 3.45. The van der Waals surface area contributed by atoms with Gasteiger partial charge in [0.15, 0.2) is 5.65 Å². The predicted octanol–water partition coefficient (Wildman–Crippen LogP) is 3.48. The van der Waals surface area contributed by atoms with Crippen LogP contribution in [0, 0.1) is 0 Å². The zero-order valence-corrected chi connectivity index (χ0v) is 12.3. The lowest BCUT2D eigenvalue weighted by molar-refractivity contribution is 0.288. The van der Waals surface area contributed by atoms with Gasteiger partial charge in [0.05, 0.1) is 18.5 Å². The van der Waals surface area contributed by atoms with Crippen LogP contribution < -0.4 is 4.74 Å². The fourth-order valence-corrected chi connectivity index (χ4v) is 2.88. The molecule has 0 saturated heterocycles. The Morgan fingerprint density at radius 2 is 2.15 bits per heavy atom. The monoisotopic (exact) mass is 329 g/mol. The fraction of sp³-hybridized carbons (Fsp3) is 0.200. The van der Waals surface area contributed by atoms with E-state index in [1.807, 2.05) is 18.2 Å². The van der Waals surface area contributed by atoms with E-state index in [1.54, 1.807) is 10.7 Å². The quantitative estimate of drug-likeness (QED) is 0.686. The van der Waals surface area contributed by atoms with E-state index in [9.17, 15) is 0 Å². The fourth-order valence-electron chi connectivity index (χ4n) is 2.52. The highest BCUT2D eigenvalue weighted by Crippen LogP contribution is 2.29. The van der Waals surface area contributed by atoms with E-state index < -0.39 is 0 Å². The zero-order chi connectivity index (χ0) is 13.5. The topological polar surface area (TPSA) is 39.4 Å². The third-order valence-corrected chi connectivity index (χ3v) is 4.07. The van der Waals surface area contributed by atoms with Crippen LogP contribution in [0.1, 0.15) is 12.0 Å². The van der Waals surface area contributed by atoms with Crippen LogP contribution in [0.4, 0.5) is 0 Å². The molecule has 0 spiro atoms. The number of fused-ring (bicyclic) bond motifs is 2. The number of imidazole rings is 1. The van der Waals surface area contributed by atoms with Crippen LogP contribution in [-0.2, 0) is 6.42 Å². The van der Waals surface area contributed by atoms with Crippen molar-refractivity contribution < 1.29 is 4.74 Å². The van der Waals surface area contributed by atoms with Gasteiger partial charge in [-0.1, -0.05) is 0 Å². The van der Waals surface area contributed by atoms with Crippen molar-refractivity contribution in [2.24, 2.45) is 0 Å². The number of nitrogens with zero attached hydrogens (tertiary/aromatic N) is 3. The summed E-state index contributed by atoms with van der Waals surface area (Å²) in [5, 5.41) is 4.62. The highest BCUT2D eigenvalue weighted by Gasteiger charge is 2.12. The number of aromatic nitrogens is 3. The highest BCUT2D eigenvalue weighted by molar-refractivity contribution is 9.10. The Bertz CT molecular complexity index is 797. The number of hydrogen-bond donors (Lipinski definition) is 0. The molecule has 0 radical (unpaired) electrons. The summed E-state index contributed by atoms with van der Waals surface area (Å²) in [6, 6.07) is 10.2. The van der Waals surface area contributed by atoms with Gasteiger partial charge in [-0.25, -0.2) is 9.50 Å². The molecule has 3 heterocycles. The first-order valence-corrected chi connectivity index (χ1v) is 7.37. The van der Waals surface area contributed by atoms with Crippen LogP contribution in [0.2, 0.25) is 0 Å². The molecule has 0 unspecified atom stereocenters. The maximum Gasteiger partial charge on any atom is 0.154 e. The van der Waals surface area contributed by atoms with E-state index in [0.717, 1.165) is 46.7 Å². The SMILES string of the molecule is Brc1cnc2ccc(-c3ccc4c(c3)CCCO4)nn12. The molecule has 4 rings (SSSR count). The van der Waals surface area contributed by atoms with Crippen LogP contribution in [0.25, 0.3) is 16.9 Å². The van der Waals surface area contributed by atoms with Crippen LogP contribution in [0.15, 0.2) is 41.1 Å². The van der Waals surface area contributed by atoms with Crippen molar-refractivity contribution in [3.63, 3.8) is 0 Å². The molecule has 3 aromatic rings. The van der Waals surface area contributed by atoms with E-state index in [-0.39, 0.29) is 0 Å².